The van der Waals surface area contributed by atoms with Gasteiger partial charge in [-0.15, -0.1) is 11.6 Å². The number of ketones is 1. The van der Waals surface area contributed by atoms with E-state index in [4.69, 9.17) is 17.3 Å². The molecule has 0 aliphatic heterocycles. The summed E-state index contributed by atoms with van der Waals surface area (Å²) in [4.78, 5) is 10.9. The van der Waals surface area contributed by atoms with Crippen LogP contribution in [0.1, 0.15) is 46.0 Å². The highest BCUT2D eigenvalue weighted by Crippen LogP contribution is 2.10. The van der Waals surface area contributed by atoms with Crippen LogP contribution in [0, 0.1) is 5.92 Å². The Labute approximate surface area is 110 Å². The van der Waals surface area contributed by atoms with Crippen molar-refractivity contribution in [1.82, 2.24) is 5.32 Å². The lowest BCUT2D eigenvalue weighted by Gasteiger charge is -2.15. The predicted octanol–water partition coefficient (Wildman–Crippen LogP) is 2.32. The summed E-state index contributed by atoms with van der Waals surface area (Å²) in [5.41, 5.74) is 5.66. The second-order valence-electron chi connectivity index (χ2n) is 4.67. The van der Waals surface area contributed by atoms with Crippen LogP contribution in [-0.2, 0) is 4.79 Å². The second kappa shape index (κ2) is 11.0. The summed E-state index contributed by atoms with van der Waals surface area (Å²) in [5, 5.41) is 3.43. The van der Waals surface area contributed by atoms with Gasteiger partial charge in [-0.1, -0.05) is 13.3 Å². The van der Waals surface area contributed by atoms with E-state index >= 15 is 0 Å². The Balaban J connectivity index is 3.45. The van der Waals surface area contributed by atoms with Gasteiger partial charge in [0.05, 0.1) is 6.04 Å². The molecule has 0 aromatic heterocycles. The highest BCUT2D eigenvalue weighted by atomic mass is 35.5. The van der Waals surface area contributed by atoms with Crippen molar-refractivity contribution in [3.63, 3.8) is 0 Å². The smallest absolute Gasteiger partial charge is 0.146 e. The average Bonchev–Trinajstić information content (AvgIpc) is 2.32. The maximum Gasteiger partial charge on any atom is 0.146 e. The molecule has 0 amide bonds. The molecule has 0 fully saturated rings. The van der Waals surface area contributed by atoms with Crippen LogP contribution >= 0.6 is 11.6 Å². The van der Waals surface area contributed by atoms with Crippen molar-refractivity contribution >= 4 is 17.4 Å². The van der Waals surface area contributed by atoms with Crippen LogP contribution in [0.15, 0.2) is 0 Å². The molecule has 0 aliphatic carbocycles. The first-order valence-corrected chi connectivity index (χ1v) is 7.18. The minimum absolute atomic E-state index is 0.0820. The number of alkyl halides is 1. The first-order valence-electron chi connectivity index (χ1n) is 6.64. The van der Waals surface area contributed by atoms with Gasteiger partial charge < -0.3 is 11.1 Å². The van der Waals surface area contributed by atoms with E-state index in [0.717, 1.165) is 44.1 Å². The van der Waals surface area contributed by atoms with Gasteiger partial charge in [0.25, 0.3) is 0 Å². The van der Waals surface area contributed by atoms with Crippen molar-refractivity contribution in [2.45, 2.75) is 52.0 Å². The van der Waals surface area contributed by atoms with E-state index in [0.29, 0.717) is 0 Å². The van der Waals surface area contributed by atoms with Gasteiger partial charge >= 0.3 is 0 Å². The van der Waals surface area contributed by atoms with Gasteiger partial charge in [-0.25, -0.2) is 0 Å². The van der Waals surface area contributed by atoms with E-state index in [1.807, 2.05) is 0 Å². The van der Waals surface area contributed by atoms with E-state index in [1.54, 1.807) is 6.92 Å². The lowest BCUT2D eigenvalue weighted by Crippen LogP contribution is -2.30. The summed E-state index contributed by atoms with van der Waals surface area (Å²) >= 11 is 5.68. The van der Waals surface area contributed by atoms with Gasteiger partial charge in [-0.3, -0.25) is 4.79 Å². The minimum Gasteiger partial charge on any atom is -0.322 e. The fourth-order valence-electron chi connectivity index (χ4n) is 1.77. The molecule has 4 heteroatoms. The Morgan fingerprint density at radius 2 is 2.06 bits per heavy atom. The Morgan fingerprint density at radius 3 is 2.59 bits per heavy atom. The lowest BCUT2D eigenvalue weighted by atomic mass is 10.0. The molecule has 0 rings (SSSR count). The average molecular weight is 263 g/mol. The molecule has 17 heavy (non-hydrogen) atoms. The molecule has 0 radical (unpaired) electrons. The zero-order chi connectivity index (χ0) is 13.1. The summed E-state index contributed by atoms with van der Waals surface area (Å²) in [5.74, 6) is 1.55. The monoisotopic (exact) mass is 262 g/mol. The normalized spacial score (nSPS) is 14.6. The molecular formula is C13H27ClN2O. The van der Waals surface area contributed by atoms with Crippen molar-refractivity contribution < 1.29 is 4.79 Å². The van der Waals surface area contributed by atoms with Crippen LogP contribution in [0.3, 0.4) is 0 Å². The molecule has 0 bridgehead atoms. The Kier molecular flexibility index (Phi) is 10.9. The summed E-state index contributed by atoms with van der Waals surface area (Å²) in [6.45, 7) is 5.75. The fourth-order valence-corrected chi connectivity index (χ4v) is 1.93. The predicted molar refractivity (Wildman–Crippen MR) is 74.5 cm³/mol. The van der Waals surface area contributed by atoms with Crippen molar-refractivity contribution in [1.29, 1.82) is 0 Å². The van der Waals surface area contributed by atoms with Gasteiger partial charge in [0.1, 0.15) is 5.78 Å². The van der Waals surface area contributed by atoms with E-state index in [1.165, 1.54) is 12.8 Å². The summed E-state index contributed by atoms with van der Waals surface area (Å²) in [6.07, 6.45) is 5.22. The van der Waals surface area contributed by atoms with Crippen LogP contribution < -0.4 is 11.1 Å². The Hall–Kier alpha value is -0.120. The first-order chi connectivity index (χ1) is 8.11. The molecule has 0 saturated carbocycles. The van der Waals surface area contributed by atoms with Crippen LogP contribution in [0.5, 0.6) is 0 Å². The molecule has 3 nitrogen and oxygen atoms in total. The lowest BCUT2D eigenvalue weighted by molar-refractivity contribution is -0.118. The number of nitrogens with one attached hydrogen (secondary N) is 1. The van der Waals surface area contributed by atoms with Crippen LogP contribution in [0.4, 0.5) is 0 Å². The van der Waals surface area contributed by atoms with Crippen LogP contribution in [-0.4, -0.2) is 30.8 Å². The van der Waals surface area contributed by atoms with E-state index in [-0.39, 0.29) is 11.8 Å². The topological polar surface area (TPSA) is 55.1 Å². The zero-order valence-corrected chi connectivity index (χ0v) is 11.9. The molecule has 0 aromatic rings. The first kappa shape index (κ1) is 16.9. The molecule has 0 heterocycles. The number of nitrogens with two attached hydrogens (primary N) is 1. The number of hydrogen-bond acceptors (Lipinski definition) is 3. The van der Waals surface area contributed by atoms with E-state index in [9.17, 15) is 4.79 Å². The maximum absolute atomic E-state index is 10.9. The van der Waals surface area contributed by atoms with E-state index < -0.39 is 0 Å². The fraction of sp³-hybridized carbons (Fsp3) is 0.923. The van der Waals surface area contributed by atoms with Crippen LogP contribution in [0.25, 0.3) is 0 Å². The standard InChI is InChI=1S/C13H27ClN2O/c1-3-12(6-4-8-14)10-16-9-5-7-13(15)11(2)17/h12-13,16H,3-10,15H2,1-2H3. The third kappa shape index (κ3) is 9.57. The molecule has 3 N–H and O–H groups in total. The molecule has 2 atom stereocenters. The van der Waals surface area contributed by atoms with Crippen molar-refractivity contribution in [3.05, 3.63) is 0 Å². The van der Waals surface area contributed by atoms with Gasteiger partial charge in [0.15, 0.2) is 0 Å². The highest BCUT2D eigenvalue weighted by Gasteiger charge is 2.08. The molecule has 102 valence electrons. The number of hydrogen-bond donors (Lipinski definition) is 2. The minimum atomic E-state index is -0.282. The molecule has 0 aromatic carbocycles. The summed E-state index contributed by atoms with van der Waals surface area (Å²) in [7, 11) is 0. The second-order valence-corrected chi connectivity index (χ2v) is 5.05. The van der Waals surface area contributed by atoms with Gasteiger partial charge in [0, 0.05) is 5.88 Å². The molecule has 0 spiro atoms. The van der Waals surface area contributed by atoms with Gasteiger partial charge in [-0.05, 0) is 51.6 Å². The quantitative estimate of drug-likeness (QED) is 0.444. The number of carbonyl (C=O) groups excluding carboxylic acids is 1. The summed E-state index contributed by atoms with van der Waals surface area (Å²) in [6, 6.07) is -0.282. The van der Waals surface area contributed by atoms with E-state index in [2.05, 4.69) is 12.2 Å². The van der Waals surface area contributed by atoms with Crippen molar-refractivity contribution in [2.24, 2.45) is 11.7 Å². The molecule has 0 saturated heterocycles. The number of rotatable bonds is 11. The third-order valence-electron chi connectivity index (χ3n) is 3.15. The van der Waals surface area contributed by atoms with Crippen molar-refractivity contribution in [3.8, 4) is 0 Å². The van der Waals surface area contributed by atoms with Crippen LogP contribution in [0.2, 0.25) is 0 Å². The van der Waals surface area contributed by atoms with Crippen molar-refractivity contribution in [2.75, 3.05) is 19.0 Å². The molecule has 0 aliphatic rings. The maximum atomic E-state index is 10.9. The summed E-state index contributed by atoms with van der Waals surface area (Å²) < 4.78 is 0. The highest BCUT2D eigenvalue weighted by molar-refractivity contribution is 6.17. The Morgan fingerprint density at radius 1 is 1.35 bits per heavy atom. The Bertz CT molecular complexity index is 200. The number of carbonyl (C=O) groups is 1. The SMILES string of the molecule is CCC(CCCCl)CNCCCC(N)C(C)=O. The largest absolute Gasteiger partial charge is 0.322 e. The van der Waals surface area contributed by atoms with Gasteiger partial charge in [0.2, 0.25) is 0 Å². The molecule has 2 unspecified atom stereocenters. The third-order valence-corrected chi connectivity index (χ3v) is 3.41. The van der Waals surface area contributed by atoms with Gasteiger partial charge in [-0.2, -0.15) is 0 Å². The molecular weight excluding hydrogens is 236 g/mol. The zero-order valence-electron chi connectivity index (χ0n) is 11.2. The number of Topliss-reactive ketones (excluding diaryl/α,β-unsaturated/α-hetero) is 1. The number of halogens is 1.